The Morgan fingerprint density at radius 3 is 2.67 bits per heavy atom. The number of halogens is 3. The van der Waals surface area contributed by atoms with E-state index in [4.69, 9.17) is 4.74 Å². The highest BCUT2D eigenvalue weighted by Gasteiger charge is 2.28. The van der Waals surface area contributed by atoms with E-state index in [2.05, 4.69) is 21.2 Å². The highest BCUT2D eigenvalue weighted by atomic mass is 79.9. The van der Waals surface area contributed by atoms with E-state index in [1.807, 2.05) is 25.1 Å². The van der Waals surface area contributed by atoms with E-state index in [9.17, 15) is 8.78 Å². The molecule has 0 heterocycles. The number of methoxy groups -OCH3 is 1. The molecule has 1 aromatic rings. The second-order valence-corrected chi connectivity index (χ2v) is 6.14. The number of anilines is 2. The average molecular weight is 365 g/mol. The molecule has 0 bridgehead atoms. The smallest absolute Gasteiger partial charge is 0.264 e. The maximum absolute atomic E-state index is 13.6. The van der Waals surface area contributed by atoms with Crippen LogP contribution in [-0.2, 0) is 4.74 Å². The molecule has 6 heteroatoms. The normalized spacial score (nSPS) is 13.1. The van der Waals surface area contributed by atoms with E-state index in [-0.39, 0.29) is 19.0 Å². The number of nitrogens with zero attached hydrogens (tertiary/aromatic N) is 1. The van der Waals surface area contributed by atoms with Gasteiger partial charge in [-0.05, 0) is 25.1 Å². The monoisotopic (exact) mass is 364 g/mol. The summed E-state index contributed by atoms with van der Waals surface area (Å²) in [7, 11) is 3.31. The van der Waals surface area contributed by atoms with Gasteiger partial charge in [0.15, 0.2) is 0 Å². The van der Waals surface area contributed by atoms with Gasteiger partial charge in [-0.25, -0.2) is 8.78 Å². The first-order chi connectivity index (χ1) is 9.79. The Bertz CT molecular complexity index is 457. The van der Waals surface area contributed by atoms with Gasteiger partial charge in [-0.15, -0.1) is 0 Å². The Hall–Kier alpha value is -0.880. The molecule has 0 radical (unpaired) electrons. The second-order valence-electron chi connectivity index (χ2n) is 5.23. The van der Waals surface area contributed by atoms with Crippen LogP contribution in [-0.4, -0.2) is 39.3 Å². The summed E-state index contributed by atoms with van der Waals surface area (Å²) in [4.78, 5) is 1.58. The maximum atomic E-state index is 13.6. The molecule has 0 saturated heterocycles. The molecule has 0 spiro atoms. The standard InChI is InChI=1S/C15H23BrF2N2O/c1-5-15(17,18)10-20(3)14-7-6-12(16)8-13(14)19-11(2)9-21-4/h6-8,11,19H,5,9-10H2,1-4H3/t11-/m0/s1. The van der Waals surface area contributed by atoms with Crippen molar-refractivity contribution in [1.82, 2.24) is 0 Å². The highest BCUT2D eigenvalue weighted by molar-refractivity contribution is 9.10. The molecule has 0 amide bonds. The quantitative estimate of drug-likeness (QED) is 0.740. The topological polar surface area (TPSA) is 24.5 Å². The number of rotatable bonds is 8. The Balaban J connectivity index is 2.95. The van der Waals surface area contributed by atoms with Crippen LogP contribution in [0.5, 0.6) is 0 Å². The average Bonchev–Trinajstić information content (AvgIpc) is 2.38. The van der Waals surface area contributed by atoms with Gasteiger partial charge in [-0.3, -0.25) is 0 Å². The minimum absolute atomic E-state index is 0.0862. The molecule has 120 valence electrons. The summed E-state index contributed by atoms with van der Waals surface area (Å²) in [5.41, 5.74) is 1.55. The molecule has 1 rings (SSSR count). The van der Waals surface area contributed by atoms with Crippen LogP contribution in [0.15, 0.2) is 22.7 Å². The largest absolute Gasteiger partial charge is 0.383 e. The lowest BCUT2D eigenvalue weighted by molar-refractivity contribution is 0.00623. The lowest BCUT2D eigenvalue weighted by Gasteiger charge is -2.28. The number of nitrogens with one attached hydrogen (secondary N) is 1. The molecule has 3 nitrogen and oxygen atoms in total. The fourth-order valence-corrected chi connectivity index (χ4v) is 2.42. The molecule has 1 aromatic carbocycles. The first kappa shape index (κ1) is 18.2. The van der Waals surface area contributed by atoms with Gasteiger partial charge in [0, 0.05) is 31.1 Å². The summed E-state index contributed by atoms with van der Waals surface area (Å²) in [6, 6.07) is 5.66. The zero-order chi connectivity index (χ0) is 16.0. The predicted molar refractivity (Wildman–Crippen MR) is 87.6 cm³/mol. The Morgan fingerprint density at radius 2 is 2.10 bits per heavy atom. The van der Waals surface area contributed by atoms with E-state index >= 15 is 0 Å². The molecular weight excluding hydrogens is 342 g/mol. The molecule has 0 aliphatic heterocycles. The van der Waals surface area contributed by atoms with Gasteiger partial charge in [-0.2, -0.15) is 0 Å². The van der Waals surface area contributed by atoms with E-state index in [1.165, 1.54) is 6.92 Å². The Morgan fingerprint density at radius 1 is 1.43 bits per heavy atom. The molecule has 1 atom stereocenters. The van der Waals surface area contributed by atoms with Crippen LogP contribution in [0.2, 0.25) is 0 Å². The van der Waals surface area contributed by atoms with Crippen molar-refractivity contribution in [1.29, 1.82) is 0 Å². The van der Waals surface area contributed by atoms with Crippen LogP contribution in [0.4, 0.5) is 20.2 Å². The lowest BCUT2D eigenvalue weighted by Crippen LogP contribution is -2.34. The molecule has 1 N–H and O–H groups in total. The predicted octanol–water partition coefficient (Wildman–Crippen LogP) is 4.38. The molecule has 21 heavy (non-hydrogen) atoms. The van der Waals surface area contributed by atoms with Gasteiger partial charge in [0.1, 0.15) is 0 Å². The first-order valence-electron chi connectivity index (χ1n) is 6.93. The molecule has 0 aliphatic rings. The Labute approximate surface area is 133 Å². The summed E-state index contributed by atoms with van der Waals surface area (Å²) < 4.78 is 33.2. The van der Waals surface area contributed by atoms with Crippen molar-refractivity contribution in [3.63, 3.8) is 0 Å². The third kappa shape index (κ3) is 5.79. The summed E-state index contributed by atoms with van der Waals surface area (Å²) >= 11 is 3.41. The van der Waals surface area contributed by atoms with E-state index in [1.54, 1.807) is 19.1 Å². The molecule has 0 fully saturated rings. The second kappa shape index (κ2) is 7.94. The van der Waals surface area contributed by atoms with Crippen molar-refractivity contribution in [3.8, 4) is 0 Å². The lowest BCUT2D eigenvalue weighted by atomic mass is 10.2. The first-order valence-corrected chi connectivity index (χ1v) is 7.72. The van der Waals surface area contributed by atoms with Gasteiger partial charge in [0.25, 0.3) is 5.92 Å². The van der Waals surface area contributed by atoms with Crippen LogP contribution in [0.3, 0.4) is 0 Å². The zero-order valence-corrected chi connectivity index (χ0v) is 14.5. The van der Waals surface area contributed by atoms with Gasteiger partial charge < -0.3 is 15.0 Å². The van der Waals surface area contributed by atoms with E-state index in [0.717, 1.165) is 15.8 Å². The number of alkyl halides is 2. The van der Waals surface area contributed by atoms with Crippen molar-refractivity contribution in [2.24, 2.45) is 0 Å². The Kier molecular flexibility index (Phi) is 6.87. The van der Waals surface area contributed by atoms with Gasteiger partial charge in [-0.1, -0.05) is 22.9 Å². The summed E-state index contributed by atoms with van der Waals surface area (Å²) in [6.45, 7) is 3.71. The van der Waals surface area contributed by atoms with E-state index in [0.29, 0.717) is 6.61 Å². The fourth-order valence-electron chi connectivity index (χ4n) is 2.06. The summed E-state index contributed by atoms with van der Waals surface area (Å²) in [5, 5.41) is 3.30. The third-order valence-corrected chi connectivity index (χ3v) is 3.67. The van der Waals surface area contributed by atoms with Crippen molar-refractivity contribution in [2.75, 3.05) is 37.5 Å². The van der Waals surface area contributed by atoms with Crippen LogP contribution in [0.1, 0.15) is 20.3 Å². The fraction of sp³-hybridized carbons (Fsp3) is 0.600. The number of hydrogen-bond donors (Lipinski definition) is 1. The number of benzene rings is 1. The van der Waals surface area contributed by atoms with Crippen molar-refractivity contribution >= 4 is 27.3 Å². The molecule has 0 unspecified atom stereocenters. The molecule has 0 aliphatic carbocycles. The third-order valence-electron chi connectivity index (χ3n) is 3.17. The van der Waals surface area contributed by atoms with Crippen molar-refractivity contribution in [3.05, 3.63) is 22.7 Å². The summed E-state index contributed by atoms with van der Waals surface area (Å²) in [5.74, 6) is -2.70. The van der Waals surface area contributed by atoms with E-state index < -0.39 is 5.92 Å². The summed E-state index contributed by atoms with van der Waals surface area (Å²) in [6.07, 6.45) is -0.170. The SMILES string of the molecule is CCC(F)(F)CN(C)c1ccc(Br)cc1N[C@@H](C)COC. The molecule has 0 aromatic heterocycles. The van der Waals surface area contributed by atoms with Crippen LogP contribution < -0.4 is 10.2 Å². The van der Waals surface area contributed by atoms with Gasteiger partial charge >= 0.3 is 0 Å². The minimum atomic E-state index is -2.70. The maximum Gasteiger partial charge on any atom is 0.264 e. The highest BCUT2D eigenvalue weighted by Crippen LogP contribution is 2.31. The van der Waals surface area contributed by atoms with Crippen LogP contribution in [0.25, 0.3) is 0 Å². The van der Waals surface area contributed by atoms with Crippen molar-refractivity contribution in [2.45, 2.75) is 32.2 Å². The number of ether oxygens (including phenoxy) is 1. The van der Waals surface area contributed by atoms with Crippen molar-refractivity contribution < 1.29 is 13.5 Å². The molecule has 0 saturated carbocycles. The minimum Gasteiger partial charge on any atom is -0.383 e. The zero-order valence-electron chi connectivity index (χ0n) is 12.9. The van der Waals surface area contributed by atoms with Crippen LogP contribution >= 0.6 is 15.9 Å². The van der Waals surface area contributed by atoms with Crippen LogP contribution in [0, 0.1) is 0 Å². The van der Waals surface area contributed by atoms with Gasteiger partial charge in [0.2, 0.25) is 0 Å². The van der Waals surface area contributed by atoms with Gasteiger partial charge in [0.05, 0.1) is 24.5 Å². The number of hydrogen-bond acceptors (Lipinski definition) is 3. The molecular formula is C15H23BrF2N2O.